The summed E-state index contributed by atoms with van der Waals surface area (Å²) in [5.41, 5.74) is 0.112. The molecular weight excluding hydrogens is 502 g/mol. The first-order valence-corrected chi connectivity index (χ1v) is 12.8. The standard InChI is InChI=1S/C23H31N7O6S/c1-5-11-37-23-27-20(24-8-10-36-6-2)16-14-26-29(21(16)28-23)9-7-25-22(31)15-12-18(34-3)19(35-4)13-17(15)30(32)33/h12-14H,5-11H2,1-4H3,(H,25,31)(H,24,27,28). The molecule has 200 valence electrons. The molecule has 0 aliphatic heterocycles. The minimum absolute atomic E-state index is 0.130. The summed E-state index contributed by atoms with van der Waals surface area (Å²) >= 11 is 1.55. The number of nitrogens with one attached hydrogen (secondary N) is 2. The number of methoxy groups -OCH3 is 2. The van der Waals surface area contributed by atoms with E-state index in [1.807, 2.05) is 6.92 Å². The van der Waals surface area contributed by atoms with Gasteiger partial charge >= 0.3 is 0 Å². The van der Waals surface area contributed by atoms with Crippen molar-refractivity contribution >= 4 is 40.2 Å². The van der Waals surface area contributed by atoms with Gasteiger partial charge in [0.05, 0.1) is 49.9 Å². The lowest BCUT2D eigenvalue weighted by molar-refractivity contribution is -0.385. The van der Waals surface area contributed by atoms with E-state index in [4.69, 9.17) is 14.2 Å². The van der Waals surface area contributed by atoms with Crippen LogP contribution >= 0.6 is 11.8 Å². The molecule has 0 atom stereocenters. The number of rotatable bonds is 15. The Bertz CT molecular complexity index is 1240. The van der Waals surface area contributed by atoms with E-state index in [9.17, 15) is 14.9 Å². The first-order valence-electron chi connectivity index (χ1n) is 11.8. The molecule has 37 heavy (non-hydrogen) atoms. The van der Waals surface area contributed by atoms with Crippen molar-refractivity contribution in [3.8, 4) is 11.5 Å². The second-order valence-corrected chi connectivity index (χ2v) is 8.73. The lowest BCUT2D eigenvalue weighted by Gasteiger charge is -2.11. The summed E-state index contributed by atoms with van der Waals surface area (Å²) in [6, 6.07) is 2.46. The maximum Gasteiger partial charge on any atom is 0.286 e. The van der Waals surface area contributed by atoms with Crippen LogP contribution in [-0.4, -0.2) is 76.9 Å². The van der Waals surface area contributed by atoms with Gasteiger partial charge in [0.25, 0.3) is 11.6 Å². The van der Waals surface area contributed by atoms with Crippen LogP contribution in [0.3, 0.4) is 0 Å². The van der Waals surface area contributed by atoms with Crippen LogP contribution in [0.25, 0.3) is 11.0 Å². The Labute approximate surface area is 218 Å². The number of thioether (sulfide) groups is 1. The van der Waals surface area contributed by atoms with Gasteiger partial charge in [0.2, 0.25) is 0 Å². The fourth-order valence-electron chi connectivity index (χ4n) is 3.45. The van der Waals surface area contributed by atoms with Crippen molar-refractivity contribution in [1.82, 2.24) is 25.1 Å². The van der Waals surface area contributed by atoms with Crippen LogP contribution < -0.4 is 20.1 Å². The number of nitrogens with zero attached hydrogens (tertiary/aromatic N) is 5. The monoisotopic (exact) mass is 533 g/mol. The van der Waals surface area contributed by atoms with Gasteiger partial charge in [0.15, 0.2) is 22.3 Å². The summed E-state index contributed by atoms with van der Waals surface area (Å²) in [5.74, 6) is 1.30. The predicted octanol–water partition coefficient (Wildman–Crippen LogP) is 3.13. The maximum absolute atomic E-state index is 12.8. The topological polar surface area (TPSA) is 156 Å². The minimum Gasteiger partial charge on any atom is -0.493 e. The molecular formula is C23H31N7O6S. The SMILES string of the molecule is CCCSc1nc(NCCOCC)c2cnn(CCNC(=O)c3cc(OC)c(OC)cc3[N+](=O)[O-])c2n1. The van der Waals surface area contributed by atoms with Crippen LogP contribution in [0.1, 0.15) is 30.6 Å². The third-order valence-corrected chi connectivity index (χ3v) is 6.26. The van der Waals surface area contributed by atoms with Gasteiger partial charge in [-0.1, -0.05) is 18.7 Å². The second kappa shape index (κ2) is 13.6. The number of hydrogen-bond acceptors (Lipinski definition) is 11. The molecule has 0 saturated carbocycles. The van der Waals surface area contributed by atoms with E-state index in [1.54, 1.807) is 22.6 Å². The highest BCUT2D eigenvalue weighted by molar-refractivity contribution is 7.99. The van der Waals surface area contributed by atoms with Crippen LogP contribution in [0, 0.1) is 10.1 Å². The summed E-state index contributed by atoms with van der Waals surface area (Å²) in [6.45, 7) is 6.25. The normalized spacial score (nSPS) is 10.9. The van der Waals surface area contributed by atoms with E-state index < -0.39 is 10.8 Å². The number of anilines is 1. The van der Waals surface area contributed by atoms with Crippen molar-refractivity contribution in [3.05, 3.63) is 34.0 Å². The Morgan fingerprint density at radius 2 is 1.92 bits per heavy atom. The molecule has 0 radical (unpaired) electrons. The Morgan fingerprint density at radius 1 is 1.16 bits per heavy atom. The lowest BCUT2D eigenvalue weighted by atomic mass is 10.1. The summed E-state index contributed by atoms with van der Waals surface area (Å²) in [7, 11) is 2.76. The Hall–Kier alpha value is -3.65. The number of amides is 1. The molecule has 14 heteroatoms. The molecule has 2 heterocycles. The highest BCUT2D eigenvalue weighted by Gasteiger charge is 2.24. The average Bonchev–Trinajstić information content (AvgIpc) is 3.31. The molecule has 0 aliphatic carbocycles. The predicted molar refractivity (Wildman–Crippen MR) is 140 cm³/mol. The molecule has 0 bridgehead atoms. The Morgan fingerprint density at radius 3 is 2.59 bits per heavy atom. The fraction of sp³-hybridized carbons (Fsp3) is 0.478. The van der Waals surface area contributed by atoms with Crippen molar-refractivity contribution in [1.29, 1.82) is 0 Å². The van der Waals surface area contributed by atoms with Crippen LogP contribution in [0.5, 0.6) is 11.5 Å². The van der Waals surface area contributed by atoms with Crippen molar-refractivity contribution in [2.24, 2.45) is 0 Å². The number of nitro benzene ring substituents is 1. The largest absolute Gasteiger partial charge is 0.493 e. The number of nitro groups is 1. The molecule has 13 nitrogen and oxygen atoms in total. The Kier molecular flexibility index (Phi) is 10.3. The molecule has 2 aromatic heterocycles. The number of carbonyl (C=O) groups is 1. The number of hydrogen-bond donors (Lipinski definition) is 2. The van der Waals surface area contributed by atoms with Crippen molar-refractivity contribution < 1.29 is 23.9 Å². The Balaban J connectivity index is 1.78. The van der Waals surface area contributed by atoms with Crippen LogP contribution in [0.4, 0.5) is 11.5 Å². The highest BCUT2D eigenvalue weighted by atomic mass is 32.2. The first-order chi connectivity index (χ1) is 17.9. The molecule has 2 N–H and O–H groups in total. The van der Waals surface area contributed by atoms with Crippen LogP contribution in [-0.2, 0) is 11.3 Å². The quantitative estimate of drug-likeness (QED) is 0.0973. The van der Waals surface area contributed by atoms with Gasteiger partial charge in [0, 0.05) is 31.5 Å². The van der Waals surface area contributed by atoms with E-state index >= 15 is 0 Å². The minimum atomic E-state index is -0.635. The number of ether oxygens (including phenoxy) is 3. The molecule has 0 fully saturated rings. The van der Waals surface area contributed by atoms with Gasteiger partial charge in [0.1, 0.15) is 11.4 Å². The third-order valence-electron chi connectivity index (χ3n) is 5.21. The van der Waals surface area contributed by atoms with E-state index in [-0.39, 0.29) is 29.3 Å². The van der Waals surface area contributed by atoms with E-state index in [1.165, 1.54) is 26.4 Å². The van der Waals surface area contributed by atoms with Crippen LogP contribution in [0.15, 0.2) is 23.5 Å². The first kappa shape index (κ1) is 27.9. The highest BCUT2D eigenvalue weighted by Crippen LogP contribution is 2.34. The summed E-state index contributed by atoms with van der Waals surface area (Å²) in [5, 5.41) is 23.3. The summed E-state index contributed by atoms with van der Waals surface area (Å²) < 4.78 is 17.4. The molecule has 3 aromatic rings. The zero-order chi connectivity index (χ0) is 26.8. The molecule has 0 aliphatic rings. The molecule has 0 spiro atoms. The molecule has 3 rings (SSSR count). The molecule has 1 amide bonds. The summed E-state index contributed by atoms with van der Waals surface area (Å²) in [6.07, 6.45) is 2.65. The van der Waals surface area contributed by atoms with Crippen molar-refractivity contribution in [2.75, 3.05) is 51.6 Å². The number of fused-ring (bicyclic) bond motifs is 1. The van der Waals surface area contributed by atoms with E-state index in [2.05, 4.69) is 32.6 Å². The number of carbonyl (C=O) groups excluding carboxylic acids is 1. The van der Waals surface area contributed by atoms with Crippen molar-refractivity contribution in [2.45, 2.75) is 32.0 Å². The van der Waals surface area contributed by atoms with Crippen molar-refractivity contribution in [3.63, 3.8) is 0 Å². The lowest BCUT2D eigenvalue weighted by Crippen LogP contribution is -2.28. The van der Waals surface area contributed by atoms with Gasteiger partial charge in [-0.15, -0.1) is 0 Å². The number of benzene rings is 1. The summed E-state index contributed by atoms with van der Waals surface area (Å²) in [4.78, 5) is 33.0. The molecule has 0 saturated heterocycles. The zero-order valence-corrected chi connectivity index (χ0v) is 22.1. The smallest absolute Gasteiger partial charge is 0.286 e. The van der Waals surface area contributed by atoms with Gasteiger partial charge in [-0.25, -0.2) is 14.6 Å². The van der Waals surface area contributed by atoms with Gasteiger partial charge in [-0.3, -0.25) is 14.9 Å². The fourth-order valence-corrected chi connectivity index (χ4v) is 4.14. The zero-order valence-electron chi connectivity index (χ0n) is 21.3. The van der Waals surface area contributed by atoms with Gasteiger partial charge < -0.3 is 24.8 Å². The van der Waals surface area contributed by atoms with Crippen LogP contribution in [0.2, 0.25) is 0 Å². The number of aromatic nitrogens is 4. The molecule has 0 unspecified atom stereocenters. The molecule has 1 aromatic carbocycles. The second-order valence-electron chi connectivity index (χ2n) is 7.67. The average molecular weight is 534 g/mol. The maximum atomic E-state index is 12.8. The van der Waals surface area contributed by atoms with E-state index in [0.717, 1.165) is 17.6 Å². The van der Waals surface area contributed by atoms with E-state index in [0.29, 0.717) is 42.9 Å². The van der Waals surface area contributed by atoms with Gasteiger partial charge in [-0.2, -0.15) is 5.10 Å². The van der Waals surface area contributed by atoms with Gasteiger partial charge in [-0.05, 0) is 13.3 Å². The third kappa shape index (κ3) is 6.98.